The molecular formula is C28H40N2O4Si. The fourth-order valence-corrected chi connectivity index (χ4v) is 5.25. The molecule has 3 rings (SSSR count). The van der Waals surface area contributed by atoms with E-state index in [1.165, 1.54) is 7.11 Å². The highest BCUT2D eigenvalue weighted by molar-refractivity contribution is 6.74. The van der Waals surface area contributed by atoms with Gasteiger partial charge in [0.2, 0.25) is 5.91 Å². The first-order chi connectivity index (χ1) is 16.5. The van der Waals surface area contributed by atoms with Gasteiger partial charge in [0.25, 0.3) is 0 Å². The molecule has 0 atom stereocenters. The molecule has 2 aromatic carbocycles. The molecule has 190 valence electrons. The Morgan fingerprint density at radius 1 is 1.00 bits per heavy atom. The minimum atomic E-state index is -1.90. The first-order valence-corrected chi connectivity index (χ1v) is 15.4. The van der Waals surface area contributed by atoms with Crippen molar-refractivity contribution < 1.29 is 18.8 Å². The zero-order valence-corrected chi connectivity index (χ0v) is 23.1. The molecule has 0 aromatic heterocycles. The highest BCUT2D eigenvalue weighted by atomic mass is 28.4. The maximum Gasteiger partial charge on any atom is 0.338 e. The minimum absolute atomic E-state index is 0.0170. The van der Waals surface area contributed by atoms with Crippen LogP contribution in [0.1, 0.15) is 55.1 Å². The monoisotopic (exact) mass is 496 g/mol. The molecular weight excluding hydrogens is 456 g/mol. The standard InChI is InChI=1S/C28H40N2O4Si/c1-28(2,3)35(5,6)34-19-18-30(21-12-8-7-9-13-21)26(31)20-29-25-17-16-24(27(32)33-4)22-14-10-11-15-23(22)25/h7-9,12-13,16-17,29H,10-11,14-15,18-20H2,1-6H3. The Kier molecular flexibility index (Phi) is 8.78. The first kappa shape index (κ1) is 27.0. The molecule has 1 N–H and O–H groups in total. The number of esters is 1. The molecule has 35 heavy (non-hydrogen) atoms. The molecule has 0 heterocycles. The third-order valence-electron chi connectivity index (χ3n) is 7.32. The average Bonchev–Trinajstić information content (AvgIpc) is 2.84. The van der Waals surface area contributed by atoms with Crippen LogP contribution in [-0.4, -0.2) is 47.0 Å². The van der Waals surface area contributed by atoms with Crippen LogP contribution < -0.4 is 10.2 Å². The molecule has 0 unspecified atom stereocenters. The van der Waals surface area contributed by atoms with Gasteiger partial charge in [-0.25, -0.2) is 4.79 Å². The Morgan fingerprint density at radius 2 is 1.66 bits per heavy atom. The largest absolute Gasteiger partial charge is 0.465 e. The molecule has 0 radical (unpaired) electrons. The maximum atomic E-state index is 13.4. The van der Waals surface area contributed by atoms with Gasteiger partial charge in [0.05, 0.1) is 25.8 Å². The summed E-state index contributed by atoms with van der Waals surface area (Å²) in [7, 11) is -0.492. The van der Waals surface area contributed by atoms with Gasteiger partial charge in [-0.05, 0) is 79.2 Å². The maximum absolute atomic E-state index is 13.4. The predicted molar refractivity (Wildman–Crippen MR) is 145 cm³/mol. The summed E-state index contributed by atoms with van der Waals surface area (Å²) in [6.45, 7) is 12.3. The lowest BCUT2D eigenvalue weighted by Crippen LogP contribution is -2.44. The zero-order valence-electron chi connectivity index (χ0n) is 22.1. The van der Waals surface area contributed by atoms with Crippen molar-refractivity contribution in [3.05, 3.63) is 59.2 Å². The molecule has 0 spiro atoms. The molecule has 1 amide bonds. The number of carbonyl (C=O) groups is 2. The number of benzene rings is 2. The Balaban J connectivity index is 1.74. The van der Waals surface area contributed by atoms with E-state index >= 15 is 0 Å². The lowest BCUT2D eigenvalue weighted by atomic mass is 9.87. The van der Waals surface area contributed by atoms with E-state index in [0.29, 0.717) is 18.7 Å². The van der Waals surface area contributed by atoms with E-state index in [4.69, 9.17) is 9.16 Å². The van der Waals surface area contributed by atoms with Gasteiger partial charge in [-0.3, -0.25) is 4.79 Å². The number of rotatable bonds is 9. The number of ether oxygens (including phenoxy) is 1. The summed E-state index contributed by atoms with van der Waals surface area (Å²) < 4.78 is 11.3. The molecule has 0 aliphatic heterocycles. The third-order valence-corrected chi connectivity index (χ3v) is 11.9. The quantitative estimate of drug-likeness (QED) is 0.350. The van der Waals surface area contributed by atoms with Crippen molar-refractivity contribution in [3.8, 4) is 0 Å². The summed E-state index contributed by atoms with van der Waals surface area (Å²) in [5, 5.41) is 3.48. The zero-order chi connectivity index (χ0) is 25.6. The van der Waals surface area contributed by atoms with Gasteiger partial charge in [0.1, 0.15) is 0 Å². The Morgan fingerprint density at radius 3 is 2.29 bits per heavy atom. The fraction of sp³-hybridized carbons (Fsp3) is 0.500. The minimum Gasteiger partial charge on any atom is -0.465 e. The summed E-state index contributed by atoms with van der Waals surface area (Å²) in [5.74, 6) is -0.320. The molecule has 0 fully saturated rings. The van der Waals surface area contributed by atoms with Crippen LogP contribution in [0.3, 0.4) is 0 Å². The second-order valence-corrected chi connectivity index (χ2v) is 15.5. The predicted octanol–water partition coefficient (Wildman–Crippen LogP) is 5.82. The number of anilines is 2. The van der Waals surface area contributed by atoms with Crippen LogP contribution in [0, 0.1) is 0 Å². The van der Waals surface area contributed by atoms with Crippen molar-refractivity contribution in [2.75, 3.05) is 37.0 Å². The van der Waals surface area contributed by atoms with Crippen LogP contribution >= 0.6 is 0 Å². The summed E-state index contributed by atoms with van der Waals surface area (Å²) in [5.41, 5.74) is 4.59. The highest BCUT2D eigenvalue weighted by Gasteiger charge is 2.37. The summed E-state index contributed by atoms with van der Waals surface area (Å²) in [6, 6.07) is 13.5. The number of nitrogens with one attached hydrogen (secondary N) is 1. The Hall–Kier alpha value is -2.64. The molecule has 0 saturated carbocycles. The van der Waals surface area contributed by atoms with Gasteiger partial charge in [-0.1, -0.05) is 39.0 Å². The number of methoxy groups -OCH3 is 1. The Labute approximate surface area is 211 Å². The van der Waals surface area contributed by atoms with Crippen LogP contribution in [-0.2, 0) is 26.8 Å². The van der Waals surface area contributed by atoms with Crippen molar-refractivity contribution in [1.29, 1.82) is 0 Å². The van der Waals surface area contributed by atoms with Gasteiger partial charge < -0.3 is 19.4 Å². The van der Waals surface area contributed by atoms with Gasteiger partial charge in [0.15, 0.2) is 8.32 Å². The number of amides is 1. The van der Waals surface area contributed by atoms with Gasteiger partial charge >= 0.3 is 5.97 Å². The molecule has 6 nitrogen and oxygen atoms in total. The van der Waals surface area contributed by atoms with Crippen LogP contribution in [0.4, 0.5) is 11.4 Å². The van der Waals surface area contributed by atoms with Gasteiger partial charge in [0, 0.05) is 17.9 Å². The second kappa shape index (κ2) is 11.4. The summed E-state index contributed by atoms with van der Waals surface area (Å²) in [6.07, 6.45) is 3.86. The highest BCUT2D eigenvalue weighted by Crippen LogP contribution is 2.36. The van der Waals surface area contributed by atoms with E-state index in [2.05, 4.69) is 39.2 Å². The Bertz CT molecular complexity index is 1030. The van der Waals surface area contributed by atoms with E-state index in [0.717, 1.165) is 48.2 Å². The van der Waals surface area contributed by atoms with Gasteiger partial charge in [-0.15, -0.1) is 0 Å². The van der Waals surface area contributed by atoms with Crippen molar-refractivity contribution in [1.82, 2.24) is 0 Å². The van der Waals surface area contributed by atoms with E-state index < -0.39 is 8.32 Å². The van der Waals surface area contributed by atoms with Crippen molar-refractivity contribution in [2.45, 2.75) is 64.6 Å². The van der Waals surface area contributed by atoms with Crippen LogP contribution in [0.15, 0.2) is 42.5 Å². The van der Waals surface area contributed by atoms with E-state index in [-0.39, 0.29) is 23.5 Å². The molecule has 1 aliphatic carbocycles. The first-order valence-electron chi connectivity index (χ1n) is 12.5. The lowest BCUT2D eigenvalue weighted by Gasteiger charge is -2.37. The number of nitrogens with zero attached hydrogens (tertiary/aromatic N) is 1. The smallest absolute Gasteiger partial charge is 0.338 e. The molecule has 0 bridgehead atoms. The van der Waals surface area contributed by atoms with Crippen molar-refractivity contribution >= 4 is 31.6 Å². The summed E-state index contributed by atoms with van der Waals surface area (Å²) >= 11 is 0. The molecule has 2 aromatic rings. The van der Waals surface area contributed by atoms with Crippen molar-refractivity contribution in [3.63, 3.8) is 0 Å². The van der Waals surface area contributed by atoms with E-state index in [9.17, 15) is 9.59 Å². The van der Waals surface area contributed by atoms with Gasteiger partial charge in [-0.2, -0.15) is 0 Å². The summed E-state index contributed by atoms with van der Waals surface area (Å²) in [4.78, 5) is 27.4. The number of fused-ring (bicyclic) bond motifs is 1. The van der Waals surface area contributed by atoms with Crippen LogP contribution in [0.5, 0.6) is 0 Å². The molecule has 7 heteroatoms. The normalized spacial score (nSPS) is 13.7. The van der Waals surface area contributed by atoms with Crippen molar-refractivity contribution in [2.24, 2.45) is 0 Å². The average molecular weight is 497 g/mol. The van der Waals surface area contributed by atoms with Crippen LogP contribution in [0.2, 0.25) is 18.1 Å². The topological polar surface area (TPSA) is 67.9 Å². The van der Waals surface area contributed by atoms with E-state index in [1.807, 2.05) is 42.5 Å². The molecule has 0 saturated heterocycles. The number of para-hydroxylation sites is 1. The second-order valence-electron chi connectivity index (χ2n) is 10.7. The molecule has 1 aliphatic rings. The van der Waals surface area contributed by atoms with Crippen LogP contribution in [0.25, 0.3) is 0 Å². The van der Waals surface area contributed by atoms with E-state index in [1.54, 1.807) is 4.90 Å². The SMILES string of the molecule is COC(=O)c1ccc(NCC(=O)N(CCO[Si](C)(C)C(C)(C)C)c2ccccc2)c2c1CCCC2. The number of hydrogen-bond acceptors (Lipinski definition) is 5. The number of hydrogen-bond donors (Lipinski definition) is 1. The lowest BCUT2D eigenvalue weighted by molar-refractivity contribution is -0.117. The fourth-order valence-electron chi connectivity index (χ4n) is 4.22. The third kappa shape index (κ3) is 6.52. The number of carbonyl (C=O) groups excluding carboxylic acids is 2.